The molecular formula is C9H12Cl2N4O. The lowest BCUT2D eigenvalue weighted by atomic mass is 10.3. The van der Waals surface area contributed by atoms with Crippen molar-refractivity contribution in [2.45, 2.75) is 6.29 Å². The Morgan fingerprint density at radius 1 is 1.25 bits per heavy atom. The van der Waals surface area contributed by atoms with Crippen LogP contribution < -0.4 is 16.2 Å². The standard InChI is InChI=1S/C9H12Cl2N4O/c10-6-2-1-3-7(11)8(6)16-5-4-14-15-9(12)13/h1-3,9H,4-5,12-13H2. The molecule has 0 aromatic heterocycles. The highest BCUT2D eigenvalue weighted by atomic mass is 35.5. The molecule has 16 heavy (non-hydrogen) atoms. The molecule has 0 spiro atoms. The number of para-hydroxylation sites is 1. The highest BCUT2D eigenvalue weighted by Gasteiger charge is 2.05. The summed E-state index contributed by atoms with van der Waals surface area (Å²) < 4.78 is 5.35. The van der Waals surface area contributed by atoms with E-state index in [9.17, 15) is 0 Å². The van der Waals surface area contributed by atoms with Crippen molar-refractivity contribution in [3.63, 3.8) is 0 Å². The van der Waals surface area contributed by atoms with Crippen molar-refractivity contribution < 1.29 is 4.74 Å². The zero-order valence-corrected chi connectivity index (χ0v) is 9.95. The zero-order valence-electron chi connectivity index (χ0n) is 8.44. The van der Waals surface area contributed by atoms with Gasteiger partial charge in [0.25, 0.3) is 0 Å². The normalized spacial score (nSPS) is 11.3. The minimum absolute atomic E-state index is 0.305. The number of nitrogens with zero attached hydrogens (tertiary/aromatic N) is 2. The summed E-state index contributed by atoms with van der Waals surface area (Å²) in [6, 6.07) is 5.13. The molecule has 88 valence electrons. The van der Waals surface area contributed by atoms with Crippen LogP contribution in [-0.4, -0.2) is 19.4 Å². The van der Waals surface area contributed by atoms with Crippen LogP contribution in [0.5, 0.6) is 5.75 Å². The summed E-state index contributed by atoms with van der Waals surface area (Å²) in [6.45, 7) is 0.645. The first-order chi connectivity index (χ1) is 7.61. The fraction of sp³-hybridized carbons (Fsp3) is 0.333. The number of hydrogen-bond acceptors (Lipinski definition) is 5. The molecule has 0 amide bonds. The second-order valence-electron chi connectivity index (χ2n) is 2.87. The van der Waals surface area contributed by atoms with Crippen molar-refractivity contribution in [1.29, 1.82) is 0 Å². The molecule has 0 radical (unpaired) electrons. The number of benzene rings is 1. The maximum absolute atomic E-state index is 5.89. The van der Waals surface area contributed by atoms with Crippen LogP contribution >= 0.6 is 23.2 Å². The van der Waals surface area contributed by atoms with Crippen LogP contribution in [-0.2, 0) is 0 Å². The largest absolute Gasteiger partial charge is 0.488 e. The average molecular weight is 263 g/mol. The van der Waals surface area contributed by atoms with Crippen LogP contribution in [0.25, 0.3) is 0 Å². The molecular weight excluding hydrogens is 251 g/mol. The Labute approximate surface area is 103 Å². The van der Waals surface area contributed by atoms with E-state index >= 15 is 0 Å². The monoisotopic (exact) mass is 262 g/mol. The van der Waals surface area contributed by atoms with Gasteiger partial charge in [0.15, 0.2) is 12.0 Å². The van der Waals surface area contributed by atoms with Gasteiger partial charge in [-0.05, 0) is 12.1 Å². The second-order valence-corrected chi connectivity index (χ2v) is 3.68. The molecule has 0 aliphatic rings. The molecule has 0 bridgehead atoms. The molecule has 1 aromatic rings. The molecule has 0 aliphatic heterocycles. The van der Waals surface area contributed by atoms with E-state index < -0.39 is 6.29 Å². The van der Waals surface area contributed by atoms with Crippen molar-refractivity contribution in [3.8, 4) is 5.75 Å². The Kier molecular flexibility index (Phi) is 5.48. The van der Waals surface area contributed by atoms with Gasteiger partial charge in [0.1, 0.15) is 6.61 Å². The minimum atomic E-state index is -0.788. The van der Waals surface area contributed by atoms with Crippen LogP contribution in [0.4, 0.5) is 0 Å². The molecule has 7 heteroatoms. The number of halogens is 2. The lowest BCUT2D eigenvalue weighted by Gasteiger charge is -2.07. The van der Waals surface area contributed by atoms with Crippen LogP contribution in [0, 0.1) is 0 Å². The number of ether oxygens (including phenoxy) is 1. The van der Waals surface area contributed by atoms with E-state index in [2.05, 4.69) is 10.2 Å². The van der Waals surface area contributed by atoms with Crippen molar-refractivity contribution >= 4 is 23.2 Å². The van der Waals surface area contributed by atoms with E-state index in [1.165, 1.54) is 0 Å². The van der Waals surface area contributed by atoms with Gasteiger partial charge in [-0.1, -0.05) is 29.3 Å². The summed E-state index contributed by atoms with van der Waals surface area (Å²) in [5.41, 5.74) is 10.3. The third kappa shape index (κ3) is 4.32. The summed E-state index contributed by atoms with van der Waals surface area (Å²) in [5, 5.41) is 8.16. The fourth-order valence-electron chi connectivity index (χ4n) is 0.961. The van der Waals surface area contributed by atoms with E-state index in [0.717, 1.165) is 0 Å². The summed E-state index contributed by atoms with van der Waals surface area (Å²) in [6.07, 6.45) is -0.788. The topological polar surface area (TPSA) is 86.0 Å². The lowest BCUT2D eigenvalue weighted by Crippen LogP contribution is -2.27. The van der Waals surface area contributed by atoms with Crippen molar-refractivity contribution in [1.82, 2.24) is 0 Å². The van der Waals surface area contributed by atoms with E-state index in [4.69, 9.17) is 39.4 Å². The molecule has 0 unspecified atom stereocenters. The van der Waals surface area contributed by atoms with Gasteiger partial charge in [-0.15, -0.1) is 0 Å². The van der Waals surface area contributed by atoms with E-state index in [1.54, 1.807) is 18.2 Å². The van der Waals surface area contributed by atoms with Crippen molar-refractivity contribution in [2.75, 3.05) is 13.2 Å². The predicted octanol–water partition coefficient (Wildman–Crippen LogP) is 2.03. The molecule has 0 aliphatic carbocycles. The fourth-order valence-corrected chi connectivity index (χ4v) is 1.47. The Hall–Kier alpha value is -0.880. The third-order valence-corrected chi connectivity index (χ3v) is 2.17. The van der Waals surface area contributed by atoms with Crippen molar-refractivity contribution in [2.24, 2.45) is 21.7 Å². The molecule has 0 atom stereocenters. The number of rotatable bonds is 5. The molecule has 1 aromatic carbocycles. The molecule has 0 saturated heterocycles. The molecule has 4 N–H and O–H groups in total. The second kappa shape index (κ2) is 6.65. The Morgan fingerprint density at radius 3 is 2.44 bits per heavy atom. The number of azo groups is 1. The van der Waals surface area contributed by atoms with E-state index in [1.807, 2.05) is 0 Å². The molecule has 0 saturated carbocycles. The third-order valence-electron chi connectivity index (χ3n) is 1.57. The predicted molar refractivity (Wildman–Crippen MR) is 63.8 cm³/mol. The van der Waals surface area contributed by atoms with Gasteiger partial charge >= 0.3 is 0 Å². The SMILES string of the molecule is NC(N)N=NCCOc1c(Cl)cccc1Cl. The van der Waals surface area contributed by atoms with Crippen LogP contribution in [0.2, 0.25) is 10.0 Å². The van der Waals surface area contributed by atoms with E-state index in [-0.39, 0.29) is 0 Å². The summed E-state index contributed by atoms with van der Waals surface area (Å²) in [4.78, 5) is 0. The van der Waals surface area contributed by atoms with Crippen molar-refractivity contribution in [3.05, 3.63) is 28.2 Å². The first-order valence-electron chi connectivity index (χ1n) is 4.56. The highest BCUT2D eigenvalue weighted by molar-refractivity contribution is 6.37. The van der Waals surface area contributed by atoms with Gasteiger partial charge in [-0.2, -0.15) is 10.2 Å². The summed E-state index contributed by atoms with van der Waals surface area (Å²) in [5.74, 6) is 0.443. The molecule has 0 heterocycles. The van der Waals surface area contributed by atoms with Gasteiger partial charge in [0.2, 0.25) is 0 Å². The average Bonchev–Trinajstić information content (AvgIpc) is 2.21. The quantitative estimate of drug-likeness (QED) is 0.484. The van der Waals surface area contributed by atoms with Crippen LogP contribution in [0.3, 0.4) is 0 Å². The highest BCUT2D eigenvalue weighted by Crippen LogP contribution is 2.32. The van der Waals surface area contributed by atoms with Gasteiger partial charge in [-0.25, -0.2) is 0 Å². The Morgan fingerprint density at radius 2 is 1.88 bits per heavy atom. The number of hydrogen-bond donors (Lipinski definition) is 2. The summed E-state index contributed by atoms with van der Waals surface area (Å²) in [7, 11) is 0. The van der Waals surface area contributed by atoms with E-state index in [0.29, 0.717) is 28.9 Å². The molecule has 1 rings (SSSR count). The van der Waals surface area contributed by atoms with Gasteiger partial charge in [0, 0.05) is 0 Å². The van der Waals surface area contributed by atoms with Crippen LogP contribution in [0.15, 0.2) is 28.4 Å². The Balaban J connectivity index is 2.43. The maximum Gasteiger partial charge on any atom is 0.168 e. The Bertz CT molecular complexity index is 350. The lowest BCUT2D eigenvalue weighted by molar-refractivity contribution is 0.325. The molecule has 5 nitrogen and oxygen atoms in total. The first-order valence-corrected chi connectivity index (χ1v) is 5.31. The van der Waals surface area contributed by atoms with Crippen LogP contribution in [0.1, 0.15) is 0 Å². The zero-order chi connectivity index (χ0) is 12.0. The van der Waals surface area contributed by atoms with Gasteiger partial charge in [-0.3, -0.25) is 11.5 Å². The van der Waals surface area contributed by atoms with Gasteiger partial charge in [0.05, 0.1) is 16.6 Å². The van der Waals surface area contributed by atoms with Gasteiger partial charge < -0.3 is 4.74 Å². The smallest absolute Gasteiger partial charge is 0.168 e. The number of nitrogens with two attached hydrogens (primary N) is 2. The summed E-state index contributed by atoms with van der Waals surface area (Å²) >= 11 is 11.8. The molecule has 0 fully saturated rings. The maximum atomic E-state index is 5.89. The first kappa shape index (κ1) is 13.2. The minimum Gasteiger partial charge on any atom is -0.488 e.